The van der Waals surface area contributed by atoms with Gasteiger partial charge in [0, 0.05) is 4.88 Å². The number of aryl methyl sites for hydroxylation is 1. The summed E-state index contributed by atoms with van der Waals surface area (Å²) in [5.41, 5.74) is -0.132. The van der Waals surface area contributed by atoms with Crippen LogP contribution < -0.4 is 14.8 Å². The van der Waals surface area contributed by atoms with Crippen molar-refractivity contribution in [2.45, 2.75) is 26.9 Å². The number of esters is 2. The first-order valence-corrected chi connectivity index (χ1v) is 10.0. The molecule has 1 aromatic carbocycles. The molecule has 0 saturated carbocycles. The summed E-state index contributed by atoms with van der Waals surface area (Å²) in [6, 6.07) is 5.54. The highest BCUT2D eigenvalue weighted by Crippen LogP contribution is 2.33. The number of rotatable bonds is 10. The molecular formula is C20H21F2NO7S. The lowest BCUT2D eigenvalue weighted by molar-refractivity contribution is -0.119. The van der Waals surface area contributed by atoms with Crippen molar-refractivity contribution < 1.29 is 42.1 Å². The summed E-state index contributed by atoms with van der Waals surface area (Å²) in [6.07, 6.45) is 0.644. The zero-order chi connectivity index (χ0) is 23.0. The first kappa shape index (κ1) is 24.1. The van der Waals surface area contributed by atoms with E-state index in [4.69, 9.17) is 14.2 Å². The molecule has 0 unspecified atom stereocenters. The van der Waals surface area contributed by atoms with Gasteiger partial charge in [-0.2, -0.15) is 8.78 Å². The van der Waals surface area contributed by atoms with Crippen LogP contribution in [-0.2, 0) is 20.7 Å². The van der Waals surface area contributed by atoms with Crippen LogP contribution in [0, 0.1) is 0 Å². The Labute approximate surface area is 181 Å². The van der Waals surface area contributed by atoms with Gasteiger partial charge in [0.05, 0.1) is 19.3 Å². The van der Waals surface area contributed by atoms with E-state index in [0.29, 0.717) is 6.42 Å². The van der Waals surface area contributed by atoms with E-state index in [1.807, 2.05) is 6.92 Å². The third kappa shape index (κ3) is 6.38. The zero-order valence-electron chi connectivity index (χ0n) is 17.0. The molecule has 31 heavy (non-hydrogen) atoms. The van der Waals surface area contributed by atoms with E-state index in [-0.39, 0.29) is 28.5 Å². The van der Waals surface area contributed by atoms with E-state index >= 15 is 0 Å². The minimum Gasteiger partial charge on any atom is -0.493 e. The van der Waals surface area contributed by atoms with Crippen LogP contribution in [0.5, 0.6) is 11.5 Å². The van der Waals surface area contributed by atoms with Gasteiger partial charge in [-0.25, -0.2) is 9.59 Å². The maximum absolute atomic E-state index is 12.7. The summed E-state index contributed by atoms with van der Waals surface area (Å²) in [7, 11) is 1.23. The number of para-hydroxylation sites is 1. The van der Waals surface area contributed by atoms with Crippen molar-refractivity contribution in [2.75, 3.05) is 25.6 Å². The number of ether oxygens (including phenoxy) is 4. The molecule has 11 heteroatoms. The lowest BCUT2D eigenvalue weighted by Crippen LogP contribution is -2.22. The van der Waals surface area contributed by atoms with Crippen LogP contribution in [0.15, 0.2) is 24.3 Å². The number of carbonyl (C=O) groups is 3. The average molecular weight is 457 g/mol. The maximum atomic E-state index is 12.7. The topological polar surface area (TPSA) is 100 Å². The molecule has 1 amide bonds. The summed E-state index contributed by atoms with van der Waals surface area (Å²) in [6.45, 7) is -0.190. The molecular weight excluding hydrogens is 436 g/mol. The highest BCUT2D eigenvalue weighted by molar-refractivity contribution is 7.16. The SMILES string of the molecule is CCOC(=O)c1cc(CC)sc1NC(=O)COC(=O)c1cccc(OC)c1OC(F)F. The maximum Gasteiger partial charge on any atom is 0.387 e. The second kappa shape index (κ2) is 11.3. The number of alkyl halides is 2. The quantitative estimate of drug-likeness (QED) is 0.540. The molecule has 1 aromatic heterocycles. The van der Waals surface area contributed by atoms with Crippen molar-refractivity contribution in [3.05, 3.63) is 40.3 Å². The van der Waals surface area contributed by atoms with Crippen molar-refractivity contribution in [3.63, 3.8) is 0 Å². The number of carbonyl (C=O) groups excluding carboxylic acids is 3. The van der Waals surface area contributed by atoms with Crippen molar-refractivity contribution >= 4 is 34.2 Å². The Morgan fingerprint density at radius 3 is 2.42 bits per heavy atom. The van der Waals surface area contributed by atoms with Crippen LogP contribution in [-0.4, -0.2) is 44.8 Å². The van der Waals surface area contributed by atoms with Gasteiger partial charge in [-0.15, -0.1) is 11.3 Å². The molecule has 2 rings (SSSR count). The molecule has 0 bridgehead atoms. The predicted molar refractivity (Wildman–Crippen MR) is 108 cm³/mol. The summed E-state index contributed by atoms with van der Waals surface area (Å²) in [5, 5.41) is 2.77. The Kier molecular flexibility index (Phi) is 8.74. The van der Waals surface area contributed by atoms with Gasteiger partial charge in [-0.05, 0) is 31.5 Å². The van der Waals surface area contributed by atoms with Gasteiger partial charge in [0.25, 0.3) is 5.91 Å². The number of halogens is 2. The number of hydrogen-bond acceptors (Lipinski definition) is 8. The van der Waals surface area contributed by atoms with Crippen LogP contribution in [0.2, 0.25) is 0 Å². The van der Waals surface area contributed by atoms with E-state index < -0.39 is 36.8 Å². The number of anilines is 1. The fourth-order valence-corrected chi connectivity index (χ4v) is 3.49. The zero-order valence-corrected chi connectivity index (χ0v) is 17.8. The molecule has 2 aromatic rings. The van der Waals surface area contributed by atoms with Crippen molar-refractivity contribution in [2.24, 2.45) is 0 Å². The van der Waals surface area contributed by atoms with E-state index in [0.717, 1.165) is 4.88 Å². The Balaban J connectivity index is 2.10. The molecule has 1 heterocycles. The average Bonchev–Trinajstić information content (AvgIpc) is 3.14. The Bertz CT molecular complexity index is 946. The highest BCUT2D eigenvalue weighted by Gasteiger charge is 2.23. The van der Waals surface area contributed by atoms with Gasteiger partial charge < -0.3 is 24.3 Å². The molecule has 8 nitrogen and oxygen atoms in total. The van der Waals surface area contributed by atoms with Crippen LogP contribution >= 0.6 is 11.3 Å². The van der Waals surface area contributed by atoms with Crippen LogP contribution in [0.1, 0.15) is 39.4 Å². The van der Waals surface area contributed by atoms with E-state index in [9.17, 15) is 23.2 Å². The largest absolute Gasteiger partial charge is 0.493 e. The number of benzene rings is 1. The first-order valence-electron chi connectivity index (χ1n) is 9.19. The predicted octanol–water partition coefficient (Wildman–Crippen LogP) is 3.89. The Morgan fingerprint density at radius 1 is 1.10 bits per heavy atom. The van der Waals surface area contributed by atoms with Gasteiger partial charge in [0.2, 0.25) is 0 Å². The number of amides is 1. The molecule has 1 N–H and O–H groups in total. The fraction of sp³-hybridized carbons (Fsp3) is 0.350. The molecule has 0 aliphatic carbocycles. The third-order valence-electron chi connectivity index (χ3n) is 3.84. The van der Waals surface area contributed by atoms with Crippen LogP contribution in [0.25, 0.3) is 0 Å². The van der Waals surface area contributed by atoms with Gasteiger partial charge in [-0.1, -0.05) is 13.0 Å². The summed E-state index contributed by atoms with van der Waals surface area (Å²) in [5.74, 6) is -2.96. The Morgan fingerprint density at radius 2 is 1.81 bits per heavy atom. The van der Waals surface area contributed by atoms with Gasteiger partial charge in [-0.3, -0.25) is 4.79 Å². The normalized spacial score (nSPS) is 10.5. The van der Waals surface area contributed by atoms with Crippen LogP contribution in [0.4, 0.5) is 13.8 Å². The smallest absolute Gasteiger partial charge is 0.387 e. The third-order valence-corrected chi connectivity index (χ3v) is 5.03. The molecule has 0 fully saturated rings. The van der Waals surface area contributed by atoms with Crippen molar-refractivity contribution in [3.8, 4) is 11.5 Å². The monoisotopic (exact) mass is 457 g/mol. The fourth-order valence-electron chi connectivity index (χ4n) is 2.49. The lowest BCUT2D eigenvalue weighted by Gasteiger charge is -2.13. The molecule has 0 atom stereocenters. The van der Waals surface area contributed by atoms with Gasteiger partial charge in [0.15, 0.2) is 18.1 Å². The van der Waals surface area contributed by atoms with Crippen LogP contribution in [0.3, 0.4) is 0 Å². The molecule has 0 aliphatic heterocycles. The molecule has 0 radical (unpaired) electrons. The lowest BCUT2D eigenvalue weighted by atomic mass is 10.2. The van der Waals surface area contributed by atoms with Crippen molar-refractivity contribution in [1.82, 2.24) is 0 Å². The summed E-state index contributed by atoms with van der Waals surface area (Å²) < 4.78 is 44.6. The highest BCUT2D eigenvalue weighted by atomic mass is 32.1. The second-order valence-electron chi connectivity index (χ2n) is 5.87. The summed E-state index contributed by atoms with van der Waals surface area (Å²) >= 11 is 1.19. The molecule has 0 aliphatic rings. The Hall–Kier alpha value is -3.21. The van der Waals surface area contributed by atoms with E-state index in [1.54, 1.807) is 13.0 Å². The number of methoxy groups -OCH3 is 1. The van der Waals surface area contributed by atoms with E-state index in [2.05, 4.69) is 10.1 Å². The van der Waals surface area contributed by atoms with E-state index in [1.165, 1.54) is 36.6 Å². The molecule has 0 saturated heterocycles. The van der Waals surface area contributed by atoms with Gasteiger partial charge >= 0.3 is 18.6 Å². The summed E-state index contributed by atoms with van der Waals surface area (Å²) in [4.78, 5) is 37.5. The number of nitrogens with one attached hydrogen (secondary N) is 1. The standard InChI is InChI=1S/C20H21F2NO7S/c1-4-11-9-13(19(26)28-5-2)17(31-11)23-15(24)10-29-18(25)12-7-6-8-14(27-3)16(12)30-20(21)22/h6-9,20H,4-5,10H2,1-3H3,(H,23,24). The second-order valence-corrected chi connectivity index (χ2v) is 7.01. The number of hydrogen-bond donors (Lipinski definition) is 1. The number of thiophene rings is 1. The first-order chi connectivity index (χ1) is 14.8. The van der Waals surface area contributed by atoms with Crippen molar-refractivity contribution in [1.29, 1.82) is 0 Å². The van der Waals surface area contributed by atoms with Gasteiger partial charge in [0.1, 0.15) is 10.6 Å². The minimum absolute atomic E-state index is 0.0936. The minimum atomic E-state index is -3.20. The molecule has 168 valence electrons. The molecule has 0 spiro atoms.